The summed E-state index contributed by atoms with van der Waals surface area (Å²) in [5.74, 6) is -2.52. The van der Waals surface area contributed by atoms with Crippen LogP contribution in [0.15, 0.2) is 48.5 Å². The zero-order chi connectivity index (χ0) is 35.6. The van der Waals surface area contributed by atoms with Crippen molar-refractivity contribution < 1.29 is 45.8 Å². The molecule has 0 aliphatic carbocycles. The molecule has 0 saturated carbocycles. The van der Waals surface area contributed by atoms with Crippen molar-refractivity contribution in [1.82, 2.24) is 15.1 Å². The number of hydrogen-bond acceptors (Lipinski definition) is 5. The fourth-order valence-corrected chi connectivity index (χ4v) is 7.29. The van der Waals surface area contributed by atoms with Gasteiger partial charge in [0.05, 0.1) is 18.7 Å². The van der Waals surface area contributed by atoms with E-state index in [4.69, 9.17) is 16.3 Å². The van der Waals surface area contributed by atoms with Gasteiger partial charge in [0.15, 0.2) is 0 Å². The quantitative estimate of drug-likeness (QED) is 0.212. The first kappa shape index (κ1) is 36.7. The van der Waals surface area contributed by atoms with E-state index in [1.165, 1.54) is 6.42 Å². The lowest BCUT2D eigenvalue weighted by molar-refractivity contribution is -0.236. The topological polar surface area (TPSA) is 82.1 Å². The number of hydrogen-bond donors (Lipinski definition) is 2. The number of carbonyl (C=O) groups is 2. The summed E-state index contributed by atoms with van der Waals surface area (Å²) in [5.41, 5.74) is -0.268. The van der Waals surface area contributed by atoms with Gasteiger partial charge in [0.2, 0.25) is 5.91 Å². The number of ether oxygens (including phenoxy) is 1. The molecule has 3 aromatic rings. The Morgan fingerprint density at radius 3 is 2.16 bits per heavy atom. The number of carboxylic acid groups (broad SMARTS) is 1. The molecule has 14 heteroatoms. The summed E-state index contributed by atoms with van der Waals surface area (Å²) in [6.45, 7) is -0.0311. The van der Waals surface area contributed by atoms with Crippen LogP contribution in [0.5, 0.6) is 5.75 Å². The molecule has 1 atom stereocenters. The summed E-state index contributed by atoms with van der Waals surface area (Å²) in [6, 6.07) is 12.5. The highest BCUT2D eigenvalue weighted by Crippen LogP contribution is 2.47. The number of piperidine rings is 2. The van der Waals surface area contributed by atoms with Crippen molar-refractivity contribution in [2.24, 2.45) is 5.41 Å². The summed E-state index contributed by atoms with van der Waals surface area (Å²) in [7, 11) is 1.57. The monoisotopic (exact) mass is 713 g/mol. The van der Waals surface area contributed by atoms with Crippen LogP contribution < -0.4 is 10.1 Å². The number of rotatable bonds is 10. The lowest BCUT2D eigenvalue weighted by atomic mass is 9.76. The number of nitrogens with zero attached hydrogens (tertiary/aromatic N) is 2. The number of likely N-dealkylation sites (tertiary alicyclic amines) is 2. The van der Waals surface area contributed by atoms with Crippen molar-refractivity contribution in [3.8, 4) is 16.9 Å². The first-order valence-electron chi connectivity index (χ1n) is 16.1. The number of aliphatic carboxylic acids is 1. The second kappa shape index (κ2) is 14.7. The minimum absolute atomic E-state index is 0.351. The number of benzene rings is 3. The first-order chi connectivity index (χ1) is 23.1. The molecule has 2 heterocycles. The number of fused-ring (bicyclic) bond motifs is 1. The summed E-state index contributed by atoms with van der Waals surface area (Å²) < 4.78 is 87.7. The van der Waals surface area contributed by atoms with Crippen molar-refractivity contribution in [2.75, 3.05) is 39.8 Å². The molecule has 0 radical (unpaired) electrons. The highest BCUT2D eigenvalue weighted by atomic mass is 35.5. The molecule has 0 spiro atoms. The molecule has 0 bridgehead atoms. The molecule has 0 aromatic heterocycles. The van der Waals surface area contributed by atoms with Gasteiger partial charge in [-0.3, -0.25) is 14.6 Å². The third-order valence-electron chi connectivity index (χ3n) is 9.63. The van der Waals surface area contributed by atoms with Crippen LogP contribution in [0.1, 0.15) is 43.2 Å². The number of halogens is 7. The van der Waals surface area contributed by atoms with Crippen LogP contribution in [0.4, 0.5) is 26.3 Å². The Morgan fingerprint density at radius 1 is 0.898 bits per heavy atom. The highest BCUT2D eigenvalue weighted by molar-refractivity contribution is 6.34. The van der Waals surface area contributed by atoms with Crippen molar-refractivity contribution in [1.29, 1.82) is 0 Å². The smallest absolute Gasteiger partial charge is 0.403 e. The third-order valence-corrected chi connectivity index (χ3v) is 9.95. The molecule has 2 saturated heterocycles. The van der Waals surface area contributed by atoms with Crippen LogP contribution in [-0.4, -0.2) is 85.0 Å². The molecule has 49 heavy (non-hydrogen) atoms. The van der Waals surface area contributed by atoms with Crippen molar-refractivity contribution >= 4 is 34.2 Å². The van der Waals surface area contributed by atoms with Gasteiger partial charge in [-0.2, -0.15) is 26.3 Å². The molecule has 3 aromatic carbocycles. The minimum atomic E-state index is -5.11. The van der Waals surface area contributed by atoms with Gasteiger partial charge in [-0.25, -0.2) is 4.79 Å². The number of methoxy groups -OCH3 is 1. The SMILES string of the molecule is COc1c(CN2CCCCC2)ccc(Cl)c1-c1cccc2c(C[C@H](NC(=O)C3(C(F)(F)F)CCN(CC(F)(F)F)CC3)C(=O)O)cccc12. The van der Waals surface area contributed by atoms with Gasteiger partial charge in [0, 0.05) is 24.1 Å². The van der Waals surface area contributed by atoms with Gasteiger partial charge < -0.3 is 15.2 Å². The van der Waals surface area contributed by atoms with E-state index >= 15 is 0 Å². The van der Waals surface area contributed by atoms with Crippen LogP contribution in [0.2, 0.25) is 5.02 Å². The van der Waals surface area contributed by atoms with E-state index in [2.05, 4.69) is 10.2 Å². The maximum absolute atomic E-state index is 14.4. The summed E-state index contributed by atoms with van der Waals surface area (Å²) in [4.78, 5) is 28.8. The Hall–Kier alpha value is -3.55. The van der Waals surface area contributed by atoms with E-state index in [0.29, 0.717) is 44.8 Å². The van der Waals surface area contributed by atoms with Crippen LogP contribution >= 0.6 is 11.6 Å². The Morgan fingerprint density at radius 2 is 1.55 bits per heavy atom. The van der Waals surface area contributed by atoms with E-state index in [1.807, 2.05) is 24.3 Å². The van der Waals surface area contributed by atoms with Crippen LogP contribution in [0.3, 0.4) is 0 Å². The van der Waals surface area contributed by atoms with Crippen molar-refractivity contribution in [2.45, 2.75) is 63.5 Å². The molecule has 7 nitrogen and oxygen atoms in total. The second-order valence-electron chi connectivity index (χ2n) is 12.8. The van der Waals surface area contributed by atoms with Gasteiger partial charge in [-0.1, -0.05) is 60.5 Å². The molecule has 2 fully saturated rings. The normalized spacial score (nSPS) is 18.3. The number of nitrogens with one attached hydrogen (secondary N) is 1. The van der Waals surface area contributed by atoms with Crippen molar-refractivity contribution in [3.63, 3.8) is 0 Å². The van der Waals surface area contributed by atoms with Gasteiger partial charge in [-0.05, 0) is 79.8 Å². The lowest BCUT2D eigenvalue weighted by Gasteiger charge is -2.42. The number of amides is 1. The molecule has 2 N–H and O–H groups in total. The van der Waals surface area contributed by atoms with Gasteiger partial charge >= 0.3 is 18.3 Å². The van der Waals surface area contributed by atoms with E-state index in [-0.39, 0.29) is 6.42 Å². The fraction of sp³-hybridized carbons (Fsp3) is 0.486. The Bertz CT molecular complexity index is 1670. The maximum Gasteiger partial charge on any atom is 0.403 e. The van der Waals surface area contributed by atoms with Crippen LogP contribution in [-0.2, 0) is 22.6 Å². The molecule has 0 unspecified atom stereocenters. The molecule has 2 aliphatic rings. The minimum Gasteiger partial charge on any atom is -0.496 e. The Balaban J connectivity index is 1.44. The average Bonchev–Trinajstić information content (AvgIpc) is 3.04. The molecule has 266 valence electrons. The molecule has 1 amide bonds. The van der Waals surface area contributed by atoms with Crippen molar-refractivity contribution in [3.05, 3.63) is 64.7 Å². The number of carbonyl (C=O) groups excluding carboxylic acids is 1. The van der Waals surface area contributed by atoms with E-state index < -0.39 is 68.2 Å². The number of carboxylic acids is 1. The molecular weight excluding hydrogens is 676 g/mol. The molecule has 2 aliphatic heterocycles. The first-order valence-corrected chi connectivity index (χ1v) is 16.5. The molecular formula is C35H38ClF6N3O4. The standard InChI is InChI=1S/C35H38ClF6N3O4/c1-49-30-23(20-44-15-3-2-4-16-44)11-12-27(36)29(30)26-10-6-8-24-22(7-5-9-25(24)26)19-28(31(46)47)43-32(48)33(35(40,41)42)13-17-45(18-14-33)21-34(37,38)39/h5-12,28H,2-4,13-21H2,1H3,(H,43,48)(H,46,47)/t28-/m0/s1. The van der Waals surface area contributed by atoms with E-state index in [9.17, 15) is 41.0 Å². The summed E-state index contributed by atoms with van der Waals surface area (Å²) >= 11 is 6.78. The zero-order valence-electron chi connectivity index (χ0n) is 26.9. The predicted molar refractivity (Wildman–Crippen MR) is 174 cm³/mol. The van der Waals surface area contributed by atoms with Crippen LogP contribution in [0, 0.1) is 5.41 Å². The van der Waals surface area contributed by atoms with E-state index in [1.54, 1.807) is 31.4 Å². The predicted octanol–water partition coefficient (Wildman–Crippen LogP) is 7.47. The Kier molecular flexibility index (Phi) is 11.0. The Labute approximate surface area is 285 Å². The summed E-state index contributed by atoms with van der Waals surface area (Å²) in [6.07, 6.45) is -8.51. The third kappa shape index (κ3) is 8.10. The average molecular weight is 714 g/mol. The van der Waals surface area contributed by atoms with Gasteiger partial charge in [0.25, 0.3) is 0 Å². The highest BCUT2D eigenvalue weighted by Gasteiger charge is 2.61. The van der Waals surface area contributed by atoms with Gasteiger partial charge in [0.1, 0.15) is 17.2 Å². The zero-order valence-corrected chi connectivity index (χ0v) is 27.6. The molecule has 5 rings (SSSR count). The number of alkyl halides is 6. The van der Waals surface area contributed by atoms with Crippen LogP contribution in [0.25, 0.3) is 21.9 Å². The van der Waals surface area contributed by atoms with Gasteiger partial charge in [-0.15, -0.1) is 0 Å². The van der Waals surface area contributed by atoms with E-state index in [0.717, 1.165) is 36.4 Å². The second-order valence-corrected chi connectivity index (χ2v) is 13.2. The fourth-order valence-electron chi connectivity index (χ4n) is 7.04. The largest absolute Gasteiger partial charge is 0.496 e. The maximum atomic E-state index is 14.4. The lowest BCUT2D eigenvalue weighted by Crippen LogP contribution is -2.59. The summed E-state index contributed by atoms with van der Waals surface area (Å²) in [5, 5.41) is 13.9.